The molecule has 15 heteroatoms. The molecule has 0 fully saturated rings. The van der Waals surface area contributed by atoms with Crippen molar-refractivity contribution in [1.82, 2.24) is 5.48 Å². The van der Waals surface area contributed by atoms with Gasteiger partial charge in [-0.05, 0) is 54.8 Å². The average molecular weight is 665 g/mol. The van der Waals surface area contributed by atoms with Crippen LogP contribution in [0.5, 0.6) is 0 Å². The number of nitrogens with zero attached hydrogens (tertiary/aromatic N) is 2. The average Bonchev–Trinajstić information content (AvgIpc) is 3.43. The molecule has 2 aromatic carbocycles. The second-order valence-corrected chi connectivity index (χ2v) is 13.8. The lowest BCUT2D eigenvalue weighted by Gasteiger charge is -2.21. The maximum Gasteiger partial charge on any atom is 0.345 e. The Balaban J connectivity index is 1.70. The number of anilines is 1. The van der Waals surface area contributed by atoms with Gasteiger partial charge in [-0.1, -0.05) is 60.1 Å². The molecular weight excluding hydrogens is 637 g/mol. The first-order chi connectivity index (χ1) is 19.2. The summed E-state index contributed by atoms with van der Waals surface area (Å²) in [5, 5.41) is 16.4. The predicted octanol–water partition coefficient (Wildman–Crippen LogP) is 5.83. The van der Waals surface area contributed by atoms with Crippen LogP contribution < -0.4 is 20.2 Å². The molecule has 1 aliphatic heterocycles. The highest BCUT2D eigenvalue weighted by Crippen LogP contribution is 2.47. The molecule has 40 heavy (non-hydrogen) atoms. The lowest BCUT2D eigenvalue weighted by Crippen LogP contribution is -2.41. The van der Waals surface area contributed by atoms with E-state index in [2.05, 4.69) is 25.8 Å². The van der Waals surface area contributed by atoms with E-state index in [1.54, 1.807) is 35.4 Å². The van der Waals surface area contributed by atoms with Crippen LogP contribution in [0.4, 0.5) is 5.69 Å². The van der Waals surface area contributed by atoms with E-state index in [9.17, 15) is 13.7 Å². The molecule has 0 radical (unpaired) electrons. The molecule has 0 atom stereocenters. The minimum absolute atomic E-state index is 0.348. The highest BCUT2D eigenvalue weighted by molar-refractivity contribution is 8.03. The molecule has 0 unspecified atom stereocenters. The molecule has 2 heterocycles. The third-order valence-corrected chi connectivity index (χ3v) is 9.96. The quantitative estimate of drug-likeness (QED) is 0.0744. The molecule has 3 aromatic rings. The normalized spacial score (nSPS) is 15.0. The Morgan fingerprint density at radius 1 is 1.20 bits per heavy atom. The van der Waals surface area contributed by atoms with Crippen molar-refractivity contribution in [3.63, 3.8) is 0 Å². The van der Waals surface area contributed by atoms with Crippen molar-refractivity contribution in [3.05, 3.63) is 68.1 Å². The van der Waals surface area contributed by atoms with Gasteiger partial charge in [0.15, 0.2) is 0 Å². The van der Waals surface area contributed by atoms with Crippen LogP contribution in [-0.2, 0) is 29.7 Å². The third kappa shape index (κ3) is 8.13. The zero-order chi connectivity index (χ0) is 28.7. The van der Waals surface area contributed by atoms with Gasteiger partial charge in [-0.15, -0.1) is 0 Å². The van der Waals surface area contributed by atoms with Crippen LogP contribution in [-0.4, -0.2) is 27.3 Å². The molecule has 1 aliphatic rings. The van der Waals surface area contributed by atoms with Crippen molar-refractivity contribution in [2.75, 3.05) is 23.7 Å². The van der Waals surface area contributed by atoms with Gasteiger partial charge < -0.3 is 10.2 Å². The standard InChI is InChI=1S/C25H27Cl2N3O6S4/c1-3-17(12-24-29(10-5-11-37-36-35-31)20-14-18(26)6-8-22(20)38-24)13-25-30(16-40(32,33)34-28-4-2)21-15-19(27)7-9-23(21)39-25/h6-9,12-15,28H,3-5,10-11,16H2,1-2H3. The fourth-order valence-electron chi connectivity index (χ4n) is 3.96. The summed E-state index contributed by atoms with van der Waals surface area (Å²) in [5.74, 6) is 0.189. The second-order valence-electron chi connectivity index (χ2n) is 8.48. The van der Waals surface area contributed by atoms with Gasteiger partial charge in [-0.25, -0.2) is 0 Å². The van der Waals surface area contributed by atoms with Crippen LogP contribution in [0, 0.1) is 0 Å². The van der Waals surface area contributed by atoms with Gasteiger partial charge in [-0.2, -0.15) is 27.1 Å². The predicted molar refractivity (Wildman–Crippen MR) is 161 cm³/mol. The number of halogens is 2. The van der Waals surface area contributed by atoms with E-state index < -0.39 is 10.1 Å². The lowest BCUT2D eigenvalue weighted by molar-refractivity contribution is -0.777. The molecule has 0 spiro atoms. The molecule has 1 N–H and O–H groups in total. The lowest BCUT2D eigenvalue weighted by atomic mass is 10.2. The van der Waals surface area contributed by atoms with E-state index in [-0.39, 0.29) is 5.88 Å². The highest BCUT2D eigenvalue weighted by atomic mass is 35.5. The SMILES string of the molecule is CCNOS(=O)(=O)C[n+]1c(/C=C(/C=C2/Sc3ccc(Cl)cc3N2CCCSOO[O-])CC)sc2ccc(Cl)cc21. The number of allylic oxidation sites excluding steroid dienone is 2. The van der Waals surface area contributed by atoms with Gasteiger partial charge >= 0.3 is 10.1 Å². The first-order valence-corrected chi connectivity index (χ1v) is 17.1. The van der Waals surface area contributed by atoms with Crippen molar-refractivity contribution >= 4 is 90.4 Å². The van der Waals surface area contributed by atoms with Crippen LogP contribution in [0.25, 0.3) is 16.3 Å². The molecule has 0 bridgehead atoms. The van der Waals surface area contributed by atoms with E-state index in [4.69, 9.17) is 27.5 Å². The smallest absolute Gasteiger partial charge is 0.345 e. The number of nitrogens with one attached hydrogen (secondary N) is 1. The number of benzene rings is 2. The van der Waals surface area contributed by atoms with Crippen molar-refractivity contribution in [2.24, 2.45) is 0 Å². The van der Waals surface area contributed by atoms with Crippen LogP contribution in [0.1, 0.15) is 31.7 Å². The summed E-state index contributed by atoms with van der Waals surface area (Å²) in [6.45, 7) is 4.81. The van der Waals surface area contributed by atoms with Crippen LogP contribution in [0.15, 0.2) is 58.0 Å². The number of hydroxylamine groups is 1. The van der Waals surface area contributed by atoms with E-state index in [1.165, 1.54) is 11.3 Å². The molecule has 1 aromatic heterocycles. The summed E-state index contributed by atoms with van der Waals surface area (Å²) in [6.07, 6.45) is 5.53. The number of hydrogen-bond acceptors (Lipinski definition) is 11. The molecule has 0 amide bonds. The summed E-state index contributed by atoms with van der Waals surface area (Å²) < 4.78 is 37.3. The van der Waals surface area contributed by atoms with E-state index in [0.29, 0.717) is 40.8 Å². The molecule has 0 saturated heterocycles. The van der Waals surface area contributed by atoms with Crippen molar-refractivity contribution in [2.45, 2.75) is 37.5 Å². The van der Waals surface area contributed by atoms with E-state index in [0.717, 1.165) is 49.4 Å². The Morgan fingerprint density at radius 3 is 2.73 bits per heavy atom. The monoisotopic (exact) mass is 663 g/mol. The summed E-state index contributed by atoms with van der Waals surface area (Å²) in [4.78, 5) is 3.26. The van der Waals surface area contributed by atoms with Crippen LogP contribution >= 0.6 is 58.3 Å². The van der Waals surface area contributed by atoms with Gasteiger partial charge in [0, 0.05) is 58.0 Å². The molecule has 4 rings (SSSR count). The largest absolute Gasteiger partial charge is 0.691 e. The zero-order valence-corrected chi connectivity index (χ0v) is 26.4. The minimum atomic E-state index is -3.92. The Morgan fingerprint density at radius 2 is 1.98 bits per heavy atom. The van der Waals surface area contributed by atoms with Crippen molar-refractivity contribution < 1.29 is 31.9 Å². The Kier molecular flexibility index (Phi) is 11.6. The summed E-state index contributed by atoms with van der Waals surface area (Å²) in [6, 6.07) is 11.2. The number of thiazole rings is 1. The second kappa shape index (κ2) is 14.7. The van der Waals surface area contributed by atoms with Gasteiger partial charge in [0.25, 0.3) is 10.9 Å². The number of thioether (sulfide) groups is 1. The molecule has 0 aliphatic carbocycles. The molecule has 0 saturated carbocycles. The van der Waals surface area contributed by atoms with Crippen LogP contribution in [0.3, 0.4) is 0 Å². The van der Waals surface area contributed by atoms with E-state index in [1.807, 2.05) is 37.3 Å². The maximum atomic E-state index is 12.7. The Hall–Kier alpha value is -1.36. The highest BCUT2D eigenvalue weighted by Gasteiger charge is 2.28. The minimum Gasteiger partial charge on any atom is -0.691 e. The number of rotatable bonds is 14. The van der Waals surface area contributed by atoms with Gasteiger partial charge in [0.1, 0.15) is 4.70 Å². The third-order valence-electron chi connectivity index (χ3n) is 5.71. The first-order valence-electron chi connectivity index (χ1n) is 12.3. The van der Waals surface area contributed by atoms with Gasteiger partial charge in [-0.3, -0.25) is 5.04 Å². The maximum absolute atomic E-state index is 12.7. The summed E-state index contributed by atoms with van der Waals surface area (Å²) >= 11 is 16.6. The van der Waals surface area contributed by atoms with E-state index >= 15 is 0 Å². The topological polar surface area (TPSA) is 104 Å². The molecule has 216 valence electrons. The Labute approximate surface area is 255 Å². The molecular formula is C25H27Cl2N3O6S4. The summed E-state index contributed by atoms with van der Waals surface area (Å²) in [7, 11) is -3.92. The van der Waals surface area contributed by atoms with Crippen molar-refractivity contribution in [3.8, 4) is 0 Å². The van der Waals surface area contributed by atoms with Crippen LogP contribution in [0.2, 0.25) is 10.0 Å². The van der Waals surface area contributed by atoms with Crippen molar-refractivity contribution in [1.29, 1.82) is 0 Å². The van der Waals surface area contributed by atoms with Gasteiger partial charge in [0.2, 0.25) is 5.52 Å². The number of hydrogen-bond donors (Lipinski definition) is 1. The fourth-order valence-corrected chi connectivity index (χ4v) is 7.94. The number of aromatic nitrogens is 1. The zero-order valence-electron chi connectivity index (χ0n) is 21.6. The first kappa shape index (κ1) is 31.6. The van der Waals surface area contributed by atoms with Gasteiger partial charge in [0.05, 0.1) is 10.7 Å². The molecule has 9 nitrogen and oxygen atoms in total. The Bertz CT molecular complexity index is 1510. The fraction of sp³-hybridized carbons (Fsp3) is 0.320. The number of fused-ring (bicyclic) bond motifs is 2. The summed E-state index contributed by atoms with van der Waals surface area (Å²) in [5.41, 5.74) is 5.14.